The molecule has 90 valence electrons. The molecule has 0 radical (unpaired) electrons. The summed E-state index contributed by atoms with van der Waals surface area (Å²) in [6.07, 6.45) is 2.62. The Kier molecular flexibility index (Phi) is 2.57. The lowest BCUT2D eigenvalue weighted by atomic mass is 9.68. The third-order valence-electron chi connectivity index (χ3n) is 4.13. The van der Waals surface area contributed by atoms with E-state index in [-0.39, 0.29) is 17.6 Å². The number of Topliss-reactive ketones (excluding diaryl/α,β-unsaturated/α-hetero) is 1. The zero-order valence-electron chi connectivity index (χ0n) is 9.78. The number of aliphatic hydroxyl groups is 1. The minimum atomic E-state index is -0.974. The van der Waals surface area contributed by atoms with Crippen LogP contribution in [0.2, 0.25) is 0 Å². The van der Waals surface area contributed by atoms with Crippen LogP contribution in [-0.4, -0.2) is 29.6 Å². The molecule has 0 spiro atoms. The first kappa shape index (κ1) is 11.6. The highest BCUT2D eigenvalue weighted by Gasteiger charge is 2.56. The SMILES string of the molecule is COC(=O)C[C@@H]1C(=O)C[C@@]2(C)CC[C@@]1(O)C2. The molecule has 2 saturated carbocycles. The minimum Gasteiger partial charge on any atom is -0.469 e. The number of hydrogen-bond donors (Lipinski definition) is 1. The largest absolute Gasteiger partial charge is 0.469 e. The van der Waals surface area contributed by atoms with Gasteiger partial charge in [0, 0.05) is 6.42 Å². The van der Waals surface area contributed by atoms with E-state index in [0.29, 0.717) is 19.3 Å². The van der Waals surface area contributed by atoms with Gasteiger partial charge >= 0.3 is 5.97 Å². The summed E-state index contributed by atoms with van der Waals surface area (Å²) in [5.74, 6) is -0.961. The molecule has 0 aromatic heterocycles. The second-order valence-electron chi connectivity index (χ2n) is 5.57. The van der Waals surface area contributed by atoms with Crippen molar-refractivity contribution in [3.05, 3.63) is 0 Å². The van der Waals surface area contributed by atoms with Crippen LogP contribution in [0.4, 0.5) is 0 Å². The molecule has 0 heterocycles. The van der Waals surface area contributed by atoms with E-state index >= 15 is 0 Å². The summed E-state index contributed by atoms with van der Waals surface area (Å²) < 4.78 is 4.58. The summed E-state index contributed by atoms with van der Waals surface area (Å²) >= 11 is 0. The van der Waals surface area contributed by atoms with E-state index in [9.17, 15) is 14.7 Å². The van der Waals surface area contributed by atoms with Gasteiger partial charge in [-0.15, -0.1) is 0 Å². The number of ketones is 1. The van der Waals surface area contributed by atoms with Crippen molar-refractivity contribution in [2.24, 2.45) is 11.3 Å². The molecular weight excluding hydrogens is 208 g/mol. The second kappa shape index (κ2) is 3.55. The molecule has 2 aliphatic carbocycles. The summed E-state index contributed by atoms with van der Waals surface area (Å²) in [4.78, 5) is 23.2. The first-order valence-corrected chi connectivity index (χ1v) is 5.70. The van der Waals surface area contributed by atoms with Gasteiger partial charge in [0.1, 0.15) is 5.78 Å². The van der Waals surface area contributed by atoms with E-state index in [1.165, 1.54) is 7.11 Å². The Hall–Kier alpha value is -0.900. The van der Waals surface area contributed by atoms with Crippen molar-refractivity contribution in [1.29, 1.82) is 0 Å². The number of esters is 1. The fourth-order valence-corrected chi connectivity index (χ4v) is 3.28. The van der Waals surface area contributed by atoms with Gasteiger partial charge in [0.15, 0.2) is 0 Å². The van der Waals surface area contributed by atoms with Crippen LogP contribution in [0.5, 0.6) is 0 Å². The maximum absolute atomic E-state index is 11.9. The van der Waals surface area contributed by atoms with E-state index in [4.69, 9.17) is 0 Å². The van der Waals surface area contributed by atoms with E-state index in [1.807, 2.05) is 6.92 Å². The fraction of sp³-hybridized carbons (Fsp3) is 0.833. The van der Waals surface area contributed by atoms with Crippen molar-refractivity contribution in [1.82, 2.24) is 0 Å². The standard InChI is InChI=1S/C12H18O4/c1-11-3-4-12(15,7-11)8(9(13)6-11)5-10(14)16-2/h8,15H,3-7H2,1-2H3/t8-,11-,12-/m1/s1. The summed E-state index contributed by atoms with van der Waals surface area (Å²) in [6.45, 7) is 2.04. The lowest BCUT2D eigenvalue weighted by Crippen LogP contribution is -2.47. The molecule has 0 amide bonds. The van der Waals surface area contributed by atoms with Crippen LogP contribution in [-0.2, 0) is 14.3 Å². The predicted molar refractivity (Wildman–Crippen MR) is 56.7 cm³/mol. The van der Waals surface area contributed by atoms with Gasteiger partial charge in [0.25, 0.3) is 0 Å². The molecule has 0 aliphatic heterocycles. The topological polar surface area (TPSA) is 63.6 Å². The van der Waals surface area contributed by atoms with E-state index < -0.39 is 17.5 Å². The molecule has 16 heavy (non-hydrogen) atoms. The Morgan fingerprint density at radius 1 is 1.56 bits per heavy atom. The Morgan fingerprint density at radius 3 is 2.88 bits per heavy atom. The number of fused-ring (bicyclic) bond motifs is 2. The molecule has 4 nitrogen and oxygen atoms in total. The Bertz CT molecular complexity index is 338. The molecule has 0 saturated heterocycles. The molecular formula is C12H18O4. The lowest BCUT2D eigenvalue weighted by Gasteiger charge is -2.38. The van der Waals surface area contributed by atoms with Gasteiger partial charge in [-0.3, -0.25) is 9.59 Å². The zero-order valence-corrected chi connectivity index (χ0v) is 9.78. The maximum Gasteiger partial charge on any atom is 0.306 e. The van der Waals surface area contributed by atoms with Crippen LogP contribution in [0.1, 0.15) is 39.0 Å². The van der Waals surface area contributed by atoms with Crippen LogP contribution in [0, 0.1) is 11.3 Å². The van der Waals surface area contributed by atoms with Gasteiger partial charge < -0.3 is 9.84 Å². The molecule has 3 atom stereocenters. The predicted octanol–water partition coefficient (Wildman–Crippen LogP) is 1.06. The van der Waals surface area contributed by atoms with E-state index in [1.54, 1.807) is 0 Å². The average molecular weight is 226 g/mol. The third-order valence-corrected chi connectivity index (χ3v) is 4.13. The highest BCUT2D eigenvalue weighted by molar-refractivity contribution is 5.88. The van der Waals surface area contributed by atoms with Gasteiger partial charge in [-0.05, 0) is 24.7 Å². The van der Waals surface area contributed by atoms with Crippen molar-refractivity contribution in [2.75, 3.05) is 7.11 Å². The molecule has 1 N–H and O–H groups in total. The summed E-state index contributed by atoms with van der Waals surface area (Å²) in [6, 6.07) is 0. The summed E-state index contributed by atoms with van der Waals surface area (Å²) in [5.41, 5.74) is -1.03. The first-order chi connectivity index (χ1) is 7.38. The fourth-order valence-electron chi connectivity index (χ4n) is 3.28. The van der Waals surface area contributed by atoms with Crippen LogP contribution in [0.25, 0.3) is 0 Å². The quantitative estimate of drug-likeness (QED) is 0.715. The second-order valence-corrected chi connectivity index (χ2v) is 5.57. The number of methoxy groups -OCH3 is 1. The summed E-state index contributed by atoms with van der Waals surface area (Å²) in [5, 5.41) is 10.4. The highest BCUT2D eigenvalue weighted by Crippen LogP contribution is 2.55. The molecule has 2 bridgehead atoms. The molecule has 0 unspecified atom stereocenters. The van der Waals surface area contributed by atoms with Crippen LogP contribution < -0.4 is 0 Å². The van der Waals surface area contributed by atoms with Crippen molar-refractivity contribution in [2.45, 2.75) is 44.6 Å². The molecule has 2 rings (SSSR count). The van der Waals surface area contributed by atoms with Crippen LogP contribution >= 0.6 is 0 Å². The van der Waals surface area contributed by atoms with Gasteiger partial charge in [-0.25, -0.2) is 0 Å². The molecule has 0 aromatic carbocycles. The summed E-state index contributed by atoms with van der Waals surface area (Å²) in [7, 11) is 1.30. The Balaban J connectivity index is 2.19. The third kappa shape index (κ3) is 1.75. The minimum absolute atomic E-state index is 0.0131. The van der Waals surface area contributed by atoms with Gasteiger partial charge in [0.05, 0.1) is 25.0 Å². The molecule has 4 heteroatoms. The lowest BCUT2D eigenvalue weighted by molar-refractivity contribution is -0.153. The number of hydrogen-bond acceptors (Lipinski definition) is 4. The number of carbonyl (C=O) groups excluding carboxylic acids is 2. The molecule has 2 aliphatic rings. The van der Waals surface area contributed by atoms with Gasteiger partial charge in [0.2, 0.25) is 0 Å². The number of rotatable bonds is 2. The van der Waals surface area contributed by atoms with Crippen LogP contribution in [0.15, 0.2) is 0 Å². The van der Waals surface area contributed by atoms with Gasteiger partial charge in [-0.2, -0.15) is 0 Å². The van der Waals surface area contributed by atoms with Crippen molar-refractivity contribution in [3.8, 4) is 0 Å². The van der Waals surface area contributed by atoms with Gasteiger partial charge in [-0.1, -0.05) is 6.92 Å². The van der Waals surface area contributed by atoms with E-state index in [0.717, 1.165) is 6.42 Å². The average Bonchev–Trinajstić information content (AvgIpc) is 2.46. The normalized spacial score (nSPS) is 42.2. The number of ether oxygens (including phenoxy) is 1. The highest BCUT2D eigenvalue weighted by atomic mass is 16.5. The molecule has 2 fully saturated rings. The van der Waals surface area contributed by atoms with E-state index in [2.05, 4.69) is 4.74 Å². The first-order valence-electron chi connectivity index (χ1n) is 5.70. The van der Waals surface area contributed by atoms with Crippen LogP contribution in [0.3, 0.4) is 0 Å². The maximum atomic E-state index is 11.9. The molecule has 0 aromatic rings. The Morgan fingerprint density at radius 2 is 2.25 bits per heavy atom. The zero-order chi connectivity index (χ0) is 12.0. The van der Waals surface area contributed by atoms with Crippen molar-refractivity contribution in [3.63, 3.8) is 0 Å². The number of carbonyl (C=O) groups is 2. The smallest absolute Gasteiger partial charge is 0.306 e. The van der Waals surface area contributed by atoms with Crippen molar-refractivity contribution < 1.29 is 19.4 Å². The Labute approximate surface area is 95.0 Å². The monoisotopic (exact) mass is 226 g/mol. The van der Waals surface area contributed by atoms with Crippen molar-refractivity contribution >= 4 is 11.8 Å².